The number of aromatic amines is 1. The Labute approximate surface area is 410 Å². The lowest BCUT2D eigenvalue weighted by Crippen LogP contribution is -2.16. The van der Waals surface area contributed by atoms with Gasteiger partial charge >= 0.3 is 0 Å². The van der Waals surface area contributed by atoms with Crippen molar-refractivity contribution in [3.8, 4) is 0 Å². The first-order valence-corrected chi connectivity index (χ1v) is 24.4. The van der Waals surface area contributed by atoms with E-state index in [-0.39, 0.29) is 54.1 Å². The highest BCUT2D eigenvalue weighted by atomic mass is 16.5. The second-order valence-corrected chi connectivity index (χ2v) is 28.5. The van der Waals surface area contributed by atoms with Crippen LogP contribution < -0.4 is 0 Å². The van der Waals surface area contributed by atoms with Gasteiger partial charge in [0.2, 0.25) is 5.89 Å². The Morgan fingerprint density at radius 3 is 0.955 bits per heavy atom. The summed E-state index contributed by atoms with van der Waals surface area (Å²) in [6, 6.07) is 12.9. The van der Waals surface area contributed by atoms with Crippen LogP contribution in [0.15, 0.2) is 57.8 Å². The first-order chi connectivity index (χ1) is 29.6. The first kappa shape index (κ1) is 60.9. The summed E-state index contributed by atoms with van der Waals surface area (Å²) in [6.45, 7) is 64.7. The van der Waals surface area contributed by atoms with Crippen molar-refractivity contribution in [1.29, 1.82) is 0 Å². The van der Waals surface area contributed by atoms with Gasteiger partial charge in [-0.1, -0.05) is 230 Å². The fourth-order valence-corrected chi connectivity index (χ4v) is 5.47. The summed E-state index contributed by atoms with van der Waals surface area (Å²) in [5.74, 6) is 2.44. The number of nitrogens with one attached hydrogen (secondary N) is 1. The van der Waals surface area contributed by atoms with E-state index in [0.717, 1.165) is 34.4 Å². The lowest BCUT2D eigenvalue weighted by atomic mass is 9.86. The largest absolute Gasteiger partial charge is 0.361 e. The summed E-state index contributed by atoms with van der Waals surface area (Å²) >= 11 is 0. The van der Waals surface area contributed by atoms with Crippen LogP contribution in [0.3, 0.4) is 0 Å². The third-order valence-corrected chi connectivity index (χ3v) is 10.7. The molecular weight excluding hydrogens is 827 g/mol. The first-order valence-electron chi connectivity index (χ1n) is 24.4. The van der Waals surface area contributed by atoms with E-state index in [4.69, 9.17) is 9.05 Å². The standard InChI is InChI=1S/2C13H21N.C11H20N2.C11H19NO.C10H18N2O/c2*1-12(2,3)10-7-8-11(14-9-10)13(4,5)6;2*1-10(2,3)8-7-9(13-12-8)11(4,5)6;1-9(2,3)7-11-8(13-12-7)10(4,5)6/h2*7-9H,1-6H3;7H,1-6H3,(H,12,13);7H,1-6H3;1-6H3. The Morgan fingerprint density at radius 2 is 0.761 bits per heavy atom. The molecule has 0 atom stereocenters. The van der Waals surface area contributed by atoms with Gasteiger partial charge in [-0.3, -0.25) is 15.1 Å². The quantitative estimate of drug-likeness (QED) is 0.163. The molecule has 5 rings (SSSR count). The van der Waals surface area contributed by atoms with Crippen LogP contribution >= 0.6 is 0 Å². The molecule has 67 heavy (non-hydrogen) atoms. The van der Waals surface area contributed by atoms with Crippen LogP contribution in [0.2, 0.25) is 0 Å². The Bertz CT molecular complexity index is 1830. The van der Waals surface area contributed by atoms with Crippen molar-refractivity contribution >= 4 is 0 Å². The highest BCUT2D eigenvalue weighted by molar-refractivity contribution is 5.26. The van der Waals surface area contributed by atoms with E-state index in [1.807, 2.05) is 12.4 Å². The van der Waals surface area contributed by atoms with E-state index in [2.05, 4.69) is 280 Å². The average molecular weight is 926 g/mol. The topological polar surface area (TPSA) is 119 Å². The minimum atomic E-state index is -0.0590. The van der Waals surface area contributed by atoms with Crippen LogP contribution in [0.5, 0.6) is 0 Å². The van der Waals surface area contributed by atoms with Gasteiger partial charge in [0.1, 0.15) is 5.76 Å². The number of pyridine rings is 2. The average Bonchev–Trinajstić information content (AvgIpc) is 3.92. The molecule has 9 heteroatoms. The number of nitrogens with zero attached hydrogens (tertiary/aromatic N) is 6. The lowest BCUT2D eigenvalue weighted by Gasteiger charge is -2.22. The predicted molar refractivity (Wildman–Crippen MR) is 285 cm³/mol. The molecule has 0 aromatic carbocycles. The summed E-state index contributed by atoms with van der Waals surface area (Å²) < 4.78 is 10.5. The summed E-state index contributed by atoms with van der Waals surface area (Å²) in [7, 11) is 0. The van der Waals surface area contributed by atoms with E-state index in [0.29, 0.717) is 5.89 Å². The molecule has 0 amide bonds. The van der Waals surface area contributed by atoms with Gasteiger partial charge in [0.15, 0.2) is 5.82 Å². The van der Waals surface area contributed by atoms with Crippen LogP contribution in [0.4, 0.5) is 0 Å². The predicted octanol–water partition coefficient (Wildman–Crippen LogP) is 16.3. The monoisotopic (exact) mass is 926 g/mol. The Morgan fingerprint density at radius 1 is 0.358 bits per heavy atom. The highest BCUT2D eigenvalue weighted by Crippen LogP contribution is 2.30. The number of hydrogen-bond donors (Lipinski definition) is 1. The van der Waals surface area contributed by atoms with Crippen LogP contribution in [-0.4, -0.2) is 35.5 Å². The minimum Gasteiger partial charge on any atom is -0.361 e. The molecule has 0 radical (unpaired) electrons. The molecule has 1 N–H and O–H groups in total. The van der Waals surface area contributed by atoms with E-state index in [1.165, 1.54) is 16.8 Å². The molecule has 0 aliphatic carbocycles. The van der Waals surface area contributed by atoms with Crippen molar-refractivity contribution in [3.05, 3.63) is 106 Å². The molecule has 5 aromatic rings. The van der Waals surface area contributed by atoms with E-state index < -0.39 is 0 Å². The maximum atomic E-state index is 5.31. The van der Waals surface area contributed by atoms with E-state index in [1.54, 1.807) is 0 Å². The fraction of sp³-hybridized carbons (Fsp3) is 0.690. The van der Waals surface area contributed by atoms with Crippen LogP contribution in [0.1, 0.15) is 265 Å². The van der Waals surface area contributed by atoms with Crippen LogP contribution in [-0.2, 0) is 54.1 Å². The molecular formula is C58H99N7O2. The number of rotatable bonds is 0. The van der Waals surface area contributed by atoms with Gasteiger partial charge < -0.3 is 9.05 Å². The molecule has 5 aromatic heterocycles. The molecule has 0 aliphatic rings. The van der Waals surface area contributed by atoms with Crippen LogP contribution in [0.25, 0.3) is 0 Å². The zero-order valence-corrected chi connectivity index (χ0v) is 48.6. The molecule has 0 bridgehead atoms. The summed E-state index contributed by atoms with van der Waals surface area (Å²) in [6.07, 6.45) is 4.00. The third kappa shape index (κ3) is 21.0. The van der Waals surface area contributed by atoms with E-state index in [9.17, 15) is 0 Å². The Kier molecular flexibility index (Phi) is 19.7. The van der Waals surface area contributed by atoms with Crippen molar-refractivity contribution in [3.63, 3.8) is 0 Å². The van der Waals surface area contributed by atoms with Crippen molar-refractivity contribution in [2.45, 2.75) is 262 Å². The Hall–Kier alpha value is -4.14. The molecule has 0 unspecified atom stereocenters. The van der Waals surface area contributed by atoms with Crippen molar-refractivity contribution in [1.82, 2.24) is 35.5 Å². The second kappa shape index (κ2) is 21.7. The molecule has 378 valence electrons. The normalized spacial score (nSPS) is 13.2. The lowest BCUT2D eigenvalue weighted by molar-refractivity contribution is 0.314. The Balaban J connectivity index is 0.000000419. The molecule has 0 spiro atoms. The van der Waals surface area contributed by atoms with Gasteiger partial charge in [-0.15, -0.1) is 0 Å². The molecule has 0 fully saturated rings. The SMILES string of the molecule is CC(C)(C)c1cc(C(C)(C)C)[nH]n1.CC(C)(C)c1cc(C(C)(C)C)on1.CC(C)(C)c1ccc(C(C)(C)C)nc1.CC(C)(C)c1ccc(C(C)(C)C)nc1.CC(C)(C)c1noc(C(C)(C)C)n1. The smallest absolute Gasteiger partial charge is 0.232 e. The zero-order valence-electron chi connectivity index (χ0n) is 48.6. The summed E-state index contributed by atoms with van der Waals surface area (Å²) in [5, 5.41) is 15.5. The molecule has 0 saturated carbocycles. The van der Waals surface area contributed by atoms with Gasteiger partial charge in [0.05, 0.1) is 11.4 Å². The zero-order chi connectivity index (χ0) is 52.8. The maximum absolute atomic E-state index is 5.31. The molecule has 9 nitrogen and oxygen atoms in total. The number of aromatic nitrogens is 7. The van der Waals surface area contributed by atoms with Gasteiger partial charge in [-0.2, -0.15) is 10.1 Å². The van der Waals surface area contributed by atoms with Crippen molar-refractivity contribution in [2.75, 3.05) is 0 Å². The summed E-state index contributed by atoms with van der Waals surface area (Å²) in [5.41, 5.74) is 9.31. The van der Waals surface area contributed by atoms with Gasteiger partial charge in [0.25, 0.3) is 0 Å². The highest BCUT2D eigenvalue weighted by Gasteiger charge is 2.28. The minimum absolute atomic E-state index is 0.0347. The molecule has 0 aliphatic heterocycles. The second-order valence-electron chi connectivity index (χ2n) is 28.5. The van der Waals surface area contributed by atoms with Crippen molar-refractivity contribution < 1.29 is 9.05 Å². The third-order valence-electron chi connectivity index (χ3n) is 10.7. The molecule has 0 saturated heterocycles. The number of H-pyrrole nitrogens is 1. The van der Waals surface area contributed by atoms with Gasteiger partial charge in [-0.25, -0.2) is 0 Å². The number of hydrogen-bond acceptors (Lipinski definition) is 8. The van der Waals surface area contributed by atoms with E-state index >= 15 is 0 Å². The fourth-order valence-electron chi connectivity index (χ4n) is 5.47. The van der Waals surface area contributed by atoms with Crippen molar-refractivity contribution in [2.24, 2.45) is 0 Å². The maximum Gasteiger partial charge on any atom is 0.232 e. The molecule has 5 heterocycles. The summed E-state index contributed by atoms with van der Waals surface area (Å²) in [4.78, 5) is 13.4. The van der Waals surface area contributed by atoms with Crippen LogP contribution in [0, 0.1) is 0 Å². The van der Waals surface area contributed by atoms with Gasteiger partial charge in [-0.05, 0) is 40.2 Å². The van der Waals surface area contributed by atoms with Gasteiger partial charge in [0, 0.05) is 78.9 Å².